The van der Waals surface area contributed by atoms with Crippen molar-refractivity contribution in [2.75, 3.05) is 24.5 Å². The van der Waals surface area contributed by atoms with Crippen LogP contribution in [0.3, 0.4) is 0 Å². The van der Waals surface area contributed by atoms with Crippen molar-refractivity contribution in [2.45, 2.75) is 32.6 Å². The fourth-order valence-electron chi connectivity index (χ4n) is 4.54. The number of para-hydroxylation sites is 1. The van der Waals surface area contributed by atoms with Crippen molar-refractivity contribution in [1.29, 1.82) is 0 Å². The number of halogens is 5. The number of fused-ring (bicyclic) bond motifs is 1. The van der Waals surface area contributed by atoms with Crippen molar-refractivity contribution in [2.24, 2.45) is 0 Å². The molecule has 0 bridgehead atoms. The zero-order valence-electron chi connectivity index (χ0n) is 20.7. The number of nitrogens with one attached hydrogen (secondary N) is 1. The number of nitrogens with zero attached hydrogens (tertiary/aromatic N) is 5. The van der Waals surface area contributed by atoms with Crippen molar-refractivity contribution in [3.05, 3.63) is 71.4 Å². The molecule has 1 amide bonds. The van der Waals surface area contributed by atoms with Gasteiger partial charge in [0.2, 0.25) is 11.9 Å². The lowest BCUT2D eigenvalue weighted by Crippen LogP contribution is -2.30. The number of imidazole rings is 1. The normalized spacial score (nSPS) is 14.5. The Kier molecular flexibility index (Phi) is 7.06. The van der Waals surface area contributed by atoms with Crippen LogP contribution in [0.25, 0.3) is 16.8 Å². The molecular formula is C26H23F5N6O2. The van der Waals surface area contributed by atoms with Gasteiger partial charge in [0.25, 0.3) is 0 Å². The number of hydrogen-bond acceptors (Lipinski definition) is 6. The maximum absolute atomic E-state index is 14.2. The van der Waals surface area contributed by atoms with Crippen molar-refractivity contribution >= 4 is 17.5 Å². The lowest BCUT2D eigenvalue weighted by Gasteiger charge is -2.21. The SMILES string of the molecule is Cc1nc2ccc(-c3cnc(N4CCNC(=O)CC4)nc3C(F)(F)F)cn2c1Cc1ccccc1OC(F)F. The first-order valence-corrected chi connectivity index (χ1v) is 12.1. The molecule has 8 nitrogen and oxygen atoms in total. The van der Waals surface area contributed by atoms with Crippen LogP contribution in [0.2, 0.25) is 0 Å². The number of rotatable bonds is 6. The number of pyridine rings is 1. The number of anilines is 1. The molecule has 4 heterocycles. The molecule has 0 atom stereocenters. The third kappa shape index (κ3) is 5.61. The topological polar surface area (TPSA) is 84.7 Å². The first kappa shape index (κ1) is 26.3. The second-order valence-corrected chi connectivity index (χ2v) is 8.97. The van der Waals surface area contributed by atoms with Gasteiger partial charge in [0.05, 0.1) is 5.69 Å². The van der Waals surface area contributed by atoms with E-state index in [2.05, 4.69) is 25.0 Å². The zero-order valence-corrected chi connectivity index (χ0v) is 20.7. The summed E-state index contributed by atoms with van der Waals surface area (Å²) in [5.74, 6) is -0.293. The number of alkyl halides is 5. The molecule has 204 valence electrons. The van der Waals surface area contributed by atoms with Gasteiger partial charge in [0.1, 0.15) is 11.4 Å². The van der Waals surface area contributed by atoms with Crippen LogP contribution in [0.5, 0.6) is 5.75 Å². The van der Waals surface area contributed by atoms with Gasteiger partial charge in [-0.05, 0) is 25.1 Å². The van der Waals surface area contributed by atoms with E-state index in [4.69, 9.17) is 0 Å². The van der Waals surface area contributed by atoms with Gasteiger partial charge in [0, 0.05) is 67.3 Å². The second kappa shape index (κ2) is 10.5. The van der Waals surface area contributed by atoms with E-state index in [0.29, 0.717) is 22.6 Å². The Hall–Kier alpha value is -4.29. The molecule has 5 rings (SSSR count). The molecule has 1 aliphatic rings. The summed E-state index contributed by atoms with van der Waals surface area (Å²) in [6.45, 7) is -0.517. The largest absolute Gasteiger partial charge is 0.435 e. The van der Waals surface area contributed by atoms with E-state index in [1.807, 2.05) is 0 Å². The molecule has 3 aromatic heterocycles. The minimum absolute atomic E-state index is 0.00626. The molecule has 0 unspecified atom stereocenters. The molecule has 0 radical (unpaired) electrons. The van der Waals surface area contributed by atoms with E-state index in [1.165, 1.54) is 23.2 Å². The number of amides is 1. The maximum Gasteiger partial charge on any atom is 0.434 e. The van der Waals surface area contributed by atoms with E-state index < -0.39 is 18.5 Å². The smallest absolute Gasteiger partial charge is 0.434 e. The number of aromatic nitrogens is 4. The maximum atomic E-state index is 14.2. The van der Waals surface area contributed by atoms with Gasteiger partial charge < -0.3 is 19.4 Å². The molecule has 1 saturated heterocycles. The number of aryl methyl sites for hydroxylation is 1. The molecule has 0 saturated carbocycles. The highest BCUT2D eigenvalue weighted by Gasteiger charge is 2.37. The van der Waals surface area contributed by atoms with Crippen LogP contribution in [-0.4, -0.2) is 51.5 Å². The highest BCUT2D eigenvalue weighted by Crippen LogP contribution is 2.37. The number of carbonyl (C=O) groups excluding carboxylic acids is 1. The first-order chi connectivity index (χ1) is 18.6. The minimum atomic E-state index is -4.78. The van der Waals surface area contributed by atoms with Gasteiger partial charge >= 0.3 is 12.8 Å². The van der Waals surface area contributed by atoms with Gasteiger partial charge in [-0.3, -0.25) is 4.79 Å². The molecule has 4 aromatic rings. The molecule has 0 aliphatic carbocycles. The monoisotopic (exact) mass is 546 g/mol. The molecule has 13 heteroatoms. The lowest BCUT2D eigenvalue weighted by atomic mass is 10.1. The second-order valence-electron chi connectivity index (χ2n) is 8.97. The van der Waals surface area contributed by atoms with E-state index in [0.717, 1.165) is 6.20 Å². The number of carbonyl (C=O) groups is 1. The molecular weight excluding hydrogens is 523 g/mol. The van der Waals surface area contributed by atoms with E-state index >= 15 is 0 Å². The van der Waals surface area contributed by atoms with Crippen LogP contribution >= 0.6 is 0 Å². The minimum Gasteiger partial charge on any atom is -0.435 e. The Labute approximate surface area is 219 Å². The standard InChI is InChI=1S/C26H23F5N6O2/c1-15-19(12-16-4-2-3-5-20(16)39-24(27)28)37-14-17(6-7-21(37)34-15)18-13-33-25(35-23(18)26(29,30)31)36-10-8-22(38)32-9-11-36/h2-7,13-14,24H,8-12H2,1H3,(H,32,38). The van der Waals surface area contributed by atoms with Crippen LogP contribution < -0.4 is 15.0 Å². The summed E-state index contributed by atoms with van der Waals surface area (Å²) in [5, 5.41) is 2.67. The first-order valence-electron chi connectivity index (χ1n) is 12.1. The quantitative estimate of drug-likeness (QED) is 0.355. The predicted molar refractivity (Wildman–Crippen MR) is 132 cm³/mol. The molecule has 39 heavy (non-hydrogen) atoms. The summed E-state index contributed by atoms with van der Waals surface area (Å²) in [7, 11) is 0. The zero-order chi connectivity index (χ0) is 27.7. The van der Waals surface area contributed by atoms with Crippen LogP contribution in [0.15, 0.2) is 48.8 Å². The fourth-order valence-corrected chi connectivity index (χ4v) is 4.54. The summed E-state index contributed by atoms with van der Waals surface area (Å²) >= 11 is 0. The van der Waals surface area contributed by atoms with Gasteiger partial charge in [-0.15, -0.1) is 0 Å². The Morgan fingerprint density at radius 3 is 2.67 bits per heavy atom. The summed E-state index contributed by atoms with van der Waals surface area (Å²) in [4.78, 5) is 25.7. The number of hydrogen-bond donors (Lipinski definition) is 1. The third-order valence-electron chi connectivity index (χ3n) is 6.42. The van der Waals surface area contributed by atoms with E-state index in [9.17, 15) is 26.7 Å². The van der Waals surface area contributed by atoms with Gasteiger partial charge in [-0.1, -0.05) is 18.2 Å². The van der Waals surface area contributed by atoms with Crippen LogP contribution in [-0.2, 0) is 17.4 Å². The van der Waals surface area contributed by atoms with Crippen LogP contribution in [0.4, 0.5) is 27.9 Å². The van der Waals surface area contributed by atoms with E-state index in [1.54, 1.807) is 35.6 Å². The Bertz CT molecular complexity index is 1520. The Morgan fingerprint density at radius 2 is 1.90 bits per heavy atom. The van der Waals surface area contributed by atoms with Gasteiger partial charge in [-0.2, -0.15) is 22.0 Å². The number of benzene rings is 1. The Balaban J connectivity index is 1.55. The Morgan fingerprint density at radius 1 is 1.10 bits per heavy atom. The summed E-state index contributed by atoms with van der Waals surface area (Å²) in [5.41, 5.74) is 1.01. The lowest BCUT2D eigenvalue weighted by molar-refractivity contribution is -0.140. The number of ether oxygens (including phenoxy) is 1. The molecule has 1 fully saturated rings. The van der Waals surface area contributed by atoms with Gasteiger partial charge in [-0.25, -0.2) is 15.0 Å². The highest BCUT2D eigenvalue weighted by molar-refractivity contribution is 5.77. The average Bonchev–Trinajstić information content (AvgIpc) is 3.03. The van der Waals surface area contributed by atoms with Crippen molar-refractivity contribution in [3.8, 4) is 16.9 Å². The van der Waals surface area contributed by atoms with Crippen molar-refractivity contribution < 1.29 is 31.5 Å². The van der Waals surface area contributed by atoms with Crippen molar-refractivity contribution in [1.82, 2.24) is 24.7 Å². The molecule has 1 N–H and O–H groups in total. The van der Waals surface area contributed by atoms with Crippen LogP contribution in [0.1, 0.15) is 29.1 Å². The fraction of sp³-hybridized carbons (Fsp3) is 0.308. The van der Waals surface area contributed by atoms with E-state index in [-0.39, 0.29) is 61.2 Å². The molecule has 1 aliphatic heterocycles. The van der Waals surface area contributed by atoms with Gasteiger partial charge in [0.15, 0.2) is 5.69 Å². The highest BCUT2D eigenvalue weighted by atomic mass is 19.4. The average molecular weight is 547 g/mol. The predicted octanol–water partition coefficient (Wildman–Crippen LogP) is 4.64. The summed E-state index contributed by atoms with van der Waals surface area (Å²) in [6, 6.07) is 9.40. The summed E-state index contributed by atoms with van der Waals surface area (Å²) < 4.78 is 74.6. The molecule has 1 aromatic carbocycles. The van der Waals surface area contributed by atoms with Crippen LogP contribution in [0, 0.1) is 6.92 Å². The van der Waals surface area contributed by atoms with Crippen molar-refractivity contribution in [3.63, 3.8) is 0 Å². The third-order valence-corrected chi connectivity index (χ3v) is 6.42. The summed E-state index contributed by atoms with van der Waals surface area (Å²) in [6.07, 6.45) is -1.87. The molecule has 0 spiro atoms.